The smallest absolute Gasteiger partial charge is 0.266 e. The molecule has 0 heterocycles. The standard InChI is InChI=1S/C14H18O3S/c1-5-14(3,4)10-11-17-18(15,16)13-8-6-12(2)7-9-13/h1,6-9H,10-11H2,2-4H3. The fraction of sp³-hybridized carbons (Fsp3) is 0.429. The Hall–Kier alpha value is -1.31. The second kappa shape index (κ2) is 5.55. The Morgan fingerprint density at radius 1 is 1.28 bits per heavy atom. The van der Waals surface area contributed by atoms with Gasteiger partial charge in [0, 0.05) is 5.41 Å². The SMILES string of the molecule is C#CC(C)(C)CCOS(=O)(=O)c1ccc(C)cc1. The molecule has 0 unspecified atom stereocenters. The van der Waals surface area contributed by atoms with Crippen LogP contribution in [0.5, 0.6) is 0 Å². The molecule has 0 bridgehead atoms. The minimum Gasteiger partial charge on any atom is -0.266 e. The van der Waals surface area contributed by atoms with E-state index in [1.165, 1.54) is 12.1 Å². The number of hydrogen-bond donors (Lipinski definition) is 0. The molecule has 98 valence electrons. The molecular weight excluding hydrogens is 248 g/mol. The molecule has 0 aliphatic heterocycles. The number of aryl methyl sites for hydroxylation is 1. The van der Waals surface area contributed by atoms with Gasteiger partial charge in [-0.2, -0.15) is 8.42 Å². The van der Waals surface area contributed by atoms with Gasteiger partial charge >= 0.3 is 0 Å². The van der Waals surface area contributed by atoms with Crippen molar-refractivity contribution in [3.05, 3.63) is 29.8 Å². The Bertz CT molecular complexity index is 533. The monoisotopic (exact) mass is 266 g/mol. The van der Waals surface area contributed by atoms with Crippen LogP contribution in [0.25, 0.3) is 0 Å². The third kappa shape index (κ3) is 4.17. The first kappa shape index (κ1) is 14.7. The van der Waals surface area contributed by atoms with Crippen LogP contribution in [-0.4, -0.2) is 15.0 Å². The molecule has 1 aromatic carbocycles. The molecule has 0 aliphatic carbocycles. The highest BCUT2D eigenvalue weighted by Crippen LogP contribution is 2.20. The van der Waals surface area contributed by atoms with E-state index in [1.54, 1.807) is 12.1 Å². The largest absolute Gasteiger partial charge is 0.296 e. The maximum atomic E-state index is 11.8. The van der Waals surface area contributed by atoms with Crippen molar-refractivity contribution in [2.45, 2.75) is 32.1 Å². The lowest BCUT2D eigenvalue weighted by Crippen LogP contribution is -2.15. The average molecular weight is 266 g/mol. The van der Waals surface area contributed by atoms with Crippen LogP contribution in [0.2, 0.25) is 0 Å². The van der Waals surface area contributed by atoms with Crippen molar-refractivity contribution in [2.24, 2.45) is 5.41 Å². The van der Waals surface area contributed by atoms with E-state index in [4.69, 9.17) is 10.6 Å². The lowest BCUT2D eigenvalue weighted by molar-refractivity contribution is 0.270. The van der Waals surface area contributed by atoms with Crippen LogP contribution in [-0.2, 0) is 14.3 Å². The summed E-state index contributed by atoms with van der Waals surface area (Å²) in [6, 6.07) is 6.55. The summed E-state index contributed by atoms with van der Waals surface area (Å²) in [4.78, 5) is 0.173. The Morgan fingerprint density at radius 2 is 1.83 bits per heavy atom. The van der Waals surface area contributed by atoms with E-state index < -0.39 is 10.1 Å². The van der Waals surface area contributed by atoms with Gasteiger partial charge in [-0.3, -0.25) is 4.18 Å². The first-order valence-corrected chi connectivity index (χ1v) is 7.11. The molecule has 4 heteroatoms. The van der Waals surface area contributed by atoms with Crippen molar-refractivity contribution >= 4 is 10.1 Å². The topological polar surface area (TPSA) is 43.4 Å². The third-order valence-corrected chi connectivity index (χ3v) is 3.99. The zero-order valence-electron chi connectivity index (χ0n) is 10.9. The zero-order valence-corrected chi connectivity index (χ0v) is 11.8. The summed E-state index contributed by atoms with van der Waals surface area (Å²) in [6.07, 6.45) is 5.82. The van der Waals surface area contributed by atoms with Crippen molar-refractivity contribution in [1.82, 2.24) is 0 Å². The summed E-state index contributed by atoms with van der Waals surface area (Å²) >= 11 is 0. The number of benzene rings is 1. The molecule has 0 aromatic heterocycles. The lowest BCUT2D eigenvalue weighted by atomic mass is 9.91. The Labute approximate surface area is 109 Å². The molecular formula is C14H18O3S. The molecule has 1 rings (SSSR count). The van der Waals surface area contributed by atoms with Crippen LogP contribution in [0, 0.1) is 24.7 Å². The summed E-state index contributed by atoms with van der Waals surface area (Å²) in [5, 5.41) is 0. The van der Waals surface area contributed by atoms with Crippen molar-refractivity contribution in [1.29, 1.82) is 0 Å². The van der Waals surface area contributed by atoms with E-state index in [1.807, 2.05) is 20.8 Å². The van der Waals surface area contributed by atoms with Crippen LogP contribution in [0.1, 0.15) is 25.8 Å². The maximum absolute atomic E-state index is 11.8. The van der Waals surface area contributed by atoms with E-state index in [2.05, 4.69) is 5.92 Å². The molecule has 0 N–H and O–H groups in total. The van der Waals surface area contributed by atoms with E-state index in [0.29, 0.717) is 6.42 Å². The second-order valence-corrected chi connectivity index (χ2v) is 6.48. The molecule has 0 radical (unpaired) electrons. The third-order valence-electron chi connectivity index (χ3n) is 2.67. The van der Waals surface area contributed by atoms with Gasteiger partial charge in [0.05, 0.1) is 11.5 Å². The molecule has 0 saturated carbocycles. The van der Waals surface area contributed by atoms with Crippen molar-refractivity contribution < 1.29 is 12.6 Å². The van der Waals surface area contributed by atoms with Gasteiger partial charge in [0.25, 0.3) is 10.1 Å². The molecule has 18 heavy (non-hydrogen) atoms. The van der Waals surface area contributed by atoms with Crippen LogP contribution in [0.4, 0.5) is 0 Å². The van der Waals surface area contributed by atoms with Crippen molar-refractivity contribution in [2.75, 3.05) is 6.61 Å². The Kier molecular flexibility index (Phi) is 4.55. The van der Waals surface area contributed by atoms with Gasteiger partial charge in [0.2, 0.25) is 0 Å². The quantitative estimate of drug-likeness (QED) is 0.608. The van der Waals surface area contributed by atoms with E-state index >= 15 is 0 Å². The summed E-state index contributed by atoms with van der Waals surface area (Å²) < 4.78 is 28.7. The molecule has 1 aromatic rings. The van der Waals surface area contributed by atoms with E-state index in [0.717, 1.165) is 5.56 Å². The predicted octanol–water partition coefficient (Wildman–Crippen LogP) is 2.75. The highest BCUT2D eigenvalue weighted by atomic mass is 32.2. The molecule has 0 atom stereocenters. The average Bonchev–Trinajstić information content (AvgIpc) is 2.29. The predicted molar refractivity (Wildman–Crippen MR) is 71.5 cm³/mol. The number of rotatable bonds is 5. The van der Waals surface area contributed by atoms with Gasteiger partial charge in [-0.15, -0.1) is 12.3 Å². The molecule has 0 saturated heterocycles. The Balaban J connectivity index is 2.67. The fourth-order valence-corrected chi connectivity index (χ4v) is 2.16. The van der Waals surface area contributed by atoms with E-state index in [9.17, 15) is 8.42 Å². The Morgan fingerprint density at radius 3 is 2.33 bits per heavy atom. The summed E-state index contributed by atoms with van der Waals surface area (Å²) in [5.41, 5.74) is 0.644. The van der Waals surface area contributed by atoms with Crippen LogP contribution in [0.3, 0.4) is 0 Å². The highest BCUT2D eigenvalue weighted by Gasteiger charge is 2.18. The lowest BCUT2D eigenvalue weighted by Gasteiger charge is -2.16. The second-order valence-electron chi connectivity index (χ2n) is 4.87. The summed E-state index contributed by atoms with van der Waals surface area (Å²) in [5.74, 6) is 2.60. The molecule has 0 aliphatic rings. The minimum atomic E-state index is -3.68. The number of hydrogen-bond acceptors (Lipinski definition) is 3. The van der Waals surface area contributed by atoms with Crippen molar-refractivity contribution in [3.8, 4) is 12.3 Å². The number of terminal acetylenes is 1. The van der Waals surface area contributed by atoms with Gasteiger partial charge in [0.1, 0.15) is 0 Å². The van der Waals surface area contributed by atoms with Gasteiger partial charge in [-0.05, 0) is 39.3 Å². The van der Waals surface area contributed by atoms with Crippen LogP contribution in [0.15, 0.2) is 29.2 Å². The fourth-order valence-electron chi connectivity index (χ4n) is 1.25. The van der Waals surface area contributed by atoms with Gasteiger partial charge in [-0.1, -0.05) is 17.7 Å². The first-order valence-electron chi connectivity index (χ1n) is 5.71. The van der Waals surface area contributed by atoms with Gasteiger partial charge in [0.15, 0.2) is 0 Å². The molecule has 0 fully saturated rings. The first-order chi connectivity index (χ1) is 8.27. The van der Waals surface area contributed by atoms with Gasteiger partial charge < -0.3 is 0 Å². The normalized spacial score (nSPS) is 12.1. The summed E-state index contributed by atoms with van der Waals surface area (Å²) in [7, 11) is -3.68. The molecule has 0 amide bonds. The zero-order chi connectivity index (χ0) is 13.8. The molecule has 0 spiro atoms. The highest BCUT2D eigenvalue weighted by molar-refractivity contribution is 7.86. The van der Waals surface area contributed by atoms with Crippen LogP contribution >= 0.6 is 0 Å². The summed E-state index contributed by atoms with van der Waals surface area (Å²) in [6.45, 7) is 5.73. The van der Waals surface area contributed by atoms with Crippen LogP contribution < -0.4 is 0 Å². The molecule has 3 nitrogen and oxygen atoms in total. The minimum absolute atomic E-state index is 0.0907. The van der Waals surface area contributed by atoms with Gasteiger partial charge in [-0.25, -0.2) is 0 Å². The van der Waals surface area contributed by atoms with E-state index in [-0.39, 0.29) is 16.9 Å². The maximum Gasteiger partial charge on any atom is 0.296 e. The van der Waals surface area contributed by atoms with Crippen molar-refractivity contribution in [3.63, 3.8) is 0 Å².